The number of rotatable bonds is 5. The van der Waals surface area contributed by atoms with Crippen molar-refractivity contribution in [1.29, 1.82) is 0 Å². The molecular formula is C17H24ClNO. The molecule has 1 N–H and O–H groups in total. The summed E-state index contributed by atoms with van der Waals surface area (Å²) < 4.78 is 0. The maximum absolute atomic E-state index is 12.3. The minimum atomic E-state index is -0.478. The van der Waals surface area contributed by atoms with Gasteiger partial charge in [-0.1, -0.05) is 49.6 Å². The molecule has 1 unspecified atom stereocenters. The zero-order valence-electron chi connectivity index (χ0n) is 12.2. The summed E-state index contributed by atoms with van der Waals surface area (Å²) in [4.78, 5) is 12.3. The fourth-order valence-electron chi connectivity index (χ4n) is 3.00. The van der Waals surface area contributed by atoms with Crippen molar-refractivity contribution < 1.29 is 4.79 Å². The number of nitrogens with one attached hydrogen (secondary N) is 1. The van der Waals surface area contributed by atoms with Gasteiger partial charge in [0.2, 0.25) is 5.91 Å². The molecule has 1 aromatic rings. The van der Waals surface area contributed by atoms with Gasteiger partial charge in [-0.15, -0.1) is 11.6 Å². The van der Waals surface area contributed by atoms with Crippen molar-refractivity contribution in [3.05, 3.63) is 35.9 Å². The molecule has 110 valence electrons. The molecular weight excluding hydrogens is 270 g/mol. The maximum Gasteiger partial charge on any atom is 0.220 e. The zero-order chi connectivity index (χ0) is 14.4. The fourth-order valence-corrected chi connectivity index (χ4v) is 3.22. The first kappa shape index (κ1) is 15.4. The zero-order valence-corrected chi connectivity index (χ0v) is 13.0. The molecule has 0 spiro atoms. The average molecular weight is 294 g/mol. The molecule has 1 aliphatic rings. The summed E-state index contributed by atoms with van der Waals surface area (Å²) in [6.45, 7) is 1.99. The van der Waals surface area contributed by atoms with E-state index in [2.05, 4.69) is 5.32 Å². The second-order valence-corrected chi connectivity index (χ2v) is 6.36. The Balaban J connectivity index is 1.96. The van der Waals surface area contributed by atoms with E-state index in [1.54, 1.807) is 0 Å². The highest BCUT2D eigenvalue weighted by molar-refractivity contribution is 6.18. The van der Waals surface area contributed by atoms with Gasteiger partial charge in [-0.3, -0.25) is 4.79 Å². The van der Waals surface area contributed by atoms with E-state index in [9.17, 15) is 4.79 Å². The van der Waals surface area contributed by atoms with E-state index in [0.717, 1.165) is 5.56 Å². The summed E-state index contributed by atoms with van der Waals surface area (Å²) in [6, 6.07) is 9.97. The number of halogens is 1. The van der Waals surface area contributed by atoms with Gasteiger partial charge in [-0.05, 0) is 31.2 Å². The van der Waals surface area contributed by atoms with Crippen LogP contribution < -0.4 is 5.32 Å². The van der Waals surface area contributed by atoms with Crippen molar-refractivity contribution in [3.63, 3.8) is 0 Å². The smallest absolute Gasteiger partial charge is 0.220 e. The van der Waals surface area contributed by atoms with Crippen LogP contribution in [-0.2, 0) is 10.3 Å². The van der Waals surface area contributed by atoms with E-state index in [1.165, 1.54) is 32.1 Å². The van der Waals surface area contributed by atoms with Crippen LogP contribution in [0.4, 0.5) is 0 Å². The summed E-state index contributed by atoms with van der Waals surface area (Å²) >= 11 is 6.12. The summed E-state index contributed by atoms with van der Waals surface area (Å²) in [5, 5.41) is 3.14. The highest BCUT2D eigenvalue weighted by Crippen LogP contribution is 2.27. The Kier molecular flexibility index (Phi) is 5.47. The van der Waals surface area contributed by atoms with E-state index in [-0.39, 0.29) is 5.91 Å². The van der Waals surface area contributed by atoms with Crippen molar-refractivity contribution in [2.24, 2.45) is 5.92 Å². The van der Waals surface area contributed by atoms with E-state index >= 15 is 0 Å². The predicted molar refractivity (Wildman–Crippen MR) is 83.8 cm³/mol. The van der Waals surface area contributed by atoms with E-state index in [0.29, 0.717) is 18.2 Å². The second-order valence-electron chi connectivity index (χ2n) is 6.09. The number of carbonyl (C=O) groups excluding carboxylic acids is 1. The molecule has 0 bridgehead atoms. The third-order valence-corrected chi connectivity index (χ3v) is 4.83. The molecule has 0 radical (unpaired) electrons. The van der Waals surface area contributed by atoms with Crippen molar-refractivity contribution in [2.75, 3.05) is 5.88 Å². The number of alkyl halides is 1. The first-order valence-electron chi connectivity index (χ1n) is 7.56. The normalized spacial score (nSPS) is 19.3. The van der Waals surface area contributed by atoms with Crippen LogP contribution in [-0.4, -0.2) is 11.8 Å². The molecule has 0 aromatic heterocycles. The SMILES string of the molecule is CC(CCl)(NC(=O)CC1CCCCC1)c1ccccc1. The van der Waals surface area contributed by atoms with Crippen LogP contribution in [0, 0.1) is 5.92 Å². The second kappa shape index (κ2) is 7.12. The molecule has 1 amide bonds. The summed E-state index contributed by atoms with van der Waals surface area (Å²) in [5.74, 6) is 1.07. The summed E-state index contributed by atoms with van der Waals surface area (Å²) in [6.07, 6.45) is 6.88. The lowest BCUT2D eigenvalue weighted by Crippen LogP contribution is -2.45. The van der Waals surface area contributed by atoms with Crippen molar-refractivity contribution >= 4 is 17.5 Å². The number of amides is 1. The van der Waals surface area contributed by atoms with Gasteiger partial charge < -0.3 is 5.32 Å². The van der Waals surface area contributed by atoms with Crippen LogP contribution in [0.2, 0.25) is 0 Å². The van der Waals surface area contributed by atoms with Crippen molar-refractivity contribution in [2.45, 2.75) is 51.0 Å². The quantitative estimate of drug-likeness (QED) is 0.809. The summed E-state index contributed by atoms with van der Waals surface area (Å²) in [7, 11) is 0. The molecule has 20 heavy (non-hydrogen) atoms. The molecule has 3 heteroatoms. The van der Waals surface area contributed by atoms with Gasteiger partial charge in [0.1, 0.15) is 0 Å². The standard InChI is InChI=1S/C17H24ClNO/c1-17(13-18,15-10-6-3-7-11-15)19-16(20)12-14-8-4-2-5-9-14/h3,6-7,10-11,14H,2,4-5,8-9,12-13H2,1H3,(H,19,20). The van der Waals surface area contributed by atoms with E-state index in [1.807, 2.05) is 37.3 Å². The predicted octanol–water partition coefficient (Wildman–Crippen LogP) is 4.23. The lowest BCUT2D eigenvalue weighted by Gasteiger charge is -2.30. The lowest BCUT2D eigenvalue weighted by molar-refractivity contribution is -0.123. The molecule has 0 saturated heterocycles. The molecule has 1 aromatic carbocycles. The fraction of sp³-hybridized carbons (Fsp3) is 0.588. The Bertz CT molecular complexity index is 428. The Morgan fingerprint density at radius 1 is 1.25 bits per heavy atom. The van der Waals surface area contributed by atoms with Crippen molar-refractivity contribution in [3.8, 4) is 0 Å². The van der Waals surface area contributed by atoms with Crippen LogP contribution >= 0.6 is 11.6 Å². The van der Waals surface area contributed by atoms with Crippen LogP contribution in [0.25, 0.3) is 0 Å². The first-order chi connectivity index (χ1) is 9.64. The highest BCUT2D eigenvalue weighted by atomic mass is 35.5. The third-order valence-electron chi connectivity index (χ3n) is 4.29. The minimum absolute atomic E-state index is 0.129. The highest BCUT2D eigenvalue weighted by Gasteiger charge is 2.28. The topological polar surface area (TPSA) is 29.1 Å². The van der Waals surface area contributed by atoms with E-state index in [4.69, 9.17) is 11.6 Å². The molecule has 0 heterocycles. The van der Waals surface area contributed by atoms with Gasteiger partial charge in [-0.25, -0.2) is 0 Å². The number of hydrogen-bond donors (Lipinski definition) is 1. The van der Waals surface area contributed by atoms with Crippen LogP contribution in [0.5, 0.6) is 0 Å². The van der Waals surface area contributed by atoms with Gasteiger partial charge in [0.05, 0.1) is 5.54 Å². The van der Waals surface area contributed by atoms with Gasteiger partial charge >= 0.3 is 0 Å². The number of hydrogen-bond acceptors (Lipinski definition) is 1. The van der Waals surface area contributed by atoms with Gasteiger partial charge in [0.15, 0.2) is 0 Å². The molecule has 1 atom stereocenters. The molecule has 2 nitrogen and oxygen atoms in total. The average Bonchev–Trinajstić information content (AvgIpc) is 2.49. The third kappa shape index (κ3) is 3.99. The van der Waals surface area contributed by atoms with Crippen LogP contribution in [0.3, 0.4) is 0 Å². The van der Waals surface area contributed by atoms with Gasteiger partial charge in [0, 0.05) is 12.3 Å². The van der Waals surface area contributed by atoms with Gasteiger partial charge in [-0.2, -0.15) is 0 Å². The lowest BCUT2D eigenvalue weighted by atomic mass is 9.86. The van der Waals surface area contributed by atoms with Crippen LogP contribution in [0.15, 0.2) is 30.3 Å². The van der Waals surface area contributed by atoms with Crippen LogP contribution in [0.1, 0.15) is 51.0 Å². The molecule has 0 aliphatic heterocycles. The molecule has 1 aliphatic carbocycles. The maximum atomic E-state index is 12.3. The Hall–Kier alpha value is -1.02. The number of benzene rings is 1. The molecule has 1 fully saturated rings. The summed E-state index contributed by atoms with van der Waals surface area (Å²) in [5.41, 5.74) is 0.584. The molecule has 1 saturated carbocycles. The molecule has 2 rings (SSSR count). The monoisotopic (exact) mass is 293 g/mol. The van der Waals surface area contributed by atoms with Crippen molar-refractivity contribution in [1.82, 2.24) is 5.32 Å². The number of carbonyl (C=O) groups is 1. The van der Waals surface area contributed by atoms with E-state index < -0.39 is 5.54 Å². The van der Waals surface area contributed by atoms with Gasteiger partial charge in [0.25, 0.3) is 0 Å². The first-order valence-corrected chi connectivity index (χ1v) is 8.10. The largest absolute Gasteiger partial charge is 0.346 e. The Morgan fingerprint density at radius 2 is 1.90 bits per heavy atom. The Labute approximate surface area is 126 Å². The minimum Gasteiger partial charge on any atom is -0.346 e. The Morgan fingerprint density at radius 3 is 2.50 bits per heavy atom.